The molecule has 0 unspecified atom stereocenters. The van der Waals surface area contributed by atoms with Gasteiger partial charge in [-0.05, 0) is 56.5 Å². The number of halogens is 1. The molecule has 4 heterocycles. The molecule has 1 aromatic carbocycles. The number of nitrogens with two attached hydrogens (primary N) is 1. The zero-order valence-corrected chi connectivity index (χ0v) is 20.7. The molecule has 3 aromatic rings. The van der Waals surface area contributed by atoms with Gasteiger partial charge in [0.05, 0.1) is 6.54 Å². The number of aryl methyl sites for hydroxylation is 1. The van der Waals surface area contributed by atoms with Crippen LogP contribution < -0.4 is 21.9 Å². The number of anilines is 1. The molecule has 11 heteroatoms. The Morgan fingerprint density at radius 3 is 2.25 bits per heavy atom. The van der Waals surface area contributed by atoms with Crippen LogP contribution in [0, 0.1) is 5.82 Å². The Morgan fingerprint density at radius 1 is 1.00 bits per heavy atom. The molecule has 2 aliphatic heterocycles. The molecule has 10 nitrogen and oxygen atoms in total. The molecule has 2 aliphatic rings. The summed E-state index contributed by atoms with van der Waals surface area (Å²) in [6.45, 7) is 3.07. The van der Waals surface area contributed by atoms with Crippen molar-refractivity contribution in [1.82, 2.24) is 23.6 Å². The van der Waals surface area contributed by atoms with Crippen LogP contribution in [0.5, 0.6) is 0 Å². The number of fused-ring (bicyclic) bond motifs is 1. The van der Waals surface area contributed by atoms with Gasteiger partial charge in [0.2, 0.25) is 11.9 Å². The van der Waals surface area contributed by atoms with E-state index in [-0.39, 0.29) is 18.3 Å². The fourth-order valence-corrected chi connectivity index (χ4v) is 5.72. The number of imidazole rings is 1. The van der Waals surface area contributed by atoms with Crippen LogP contribution in [0.25, 0.3) is 11.2 Å². The molecule has 2 fully saturated rings. The molecular weight excluding hydrogens is 465 g/mol. The number of carbonyl (C=O) groups is 1. The Labute approximate surface area is 207 Å². The Morgan fingerprint density at radius 2 is 1.64 bits per heavy atom. The maximum absolute atomic E-state index is 13.5. The van der Waals surface area contributed by atoms with Gasteiger partial charge in [-0.3, -0.25) is 28.2 Å². The zero-order chi connectivity index (χ0) is 25.6. The van der Waals surface area contributed by atoms with Gasteiger partial charge in [0, 0.05) is 27.2 Å². The minimum absolute atomic E-state index is 0.281. The third-order valence-corrected chi connectivity index (χ3v) is 7.88. The normalized spacial score (nSPS) is 18.6. The number of piperidine rings is 2. The average Bonchev–Trinajstić information content (AvgIpc) is 3.27. The maximum Gasteiger partial charge on any atom is 0.332 e. The Hall–Kier alpha value is -3.47. The fraction of sp³-hybridized carbons (Fsp3) is 0.520. The summed E-state index contributed by atoms with van der Waals surface area (Å²) < 4.78 is 17.8. The highest BCUT2D eigenvalue weighted by atomic mass is 19.1. The van der Waals surface area contributed by atoms with Crippen LogP contribution in [-0.2, 0) is 25.4 Å². The van der Waals surface area contributed by atoms with Crippen molar-refractivity contribution < 1.29 is 9.18 Å². The smallest absolute Gasteiger partial charge is 0.332 e. The van der Waals surface area contributed by atoms with E-state index in [1.54, 1.807) is 23.7 Å². The minimum Gasteiger partial charge on any atom is -0.368 e. The largest absolute Gasteiger partial charge is 0.368 e. The SMILES string of the molecule is Cn1c(=O)c2c(nc(N3CCC(C(N)=O)(N4CCCCC4)CC3)n2Cc2ccc(F)cc2)n(C)c1=O. The number of aromatic nitrogens is 4. The summed E-state index contributed by atoms with van der Waals surface area (Å²) >= 11 is 0. The first-order chi connectivity index (χ1) is 17.2. The van der Waals surface area contributed by atoms with Crippen molar-refractivity contribution in [3.63, 3.8) is 0 Å². The molecule has 2 N–H and O–H groups in total. The molecule has 1 amide bonds. The summed E-state index contributed by atoms with van der Waals surface area (Å²) in [5, 5.41) is 0. The van der Waals surface area contributed by atoms with Crippen molar-refractivity contribution in [3.05, 3.63) is 56.5 Å². The summed E-state index contributed by atoms with van der Waals surface area (Å²) in [5.74, 6) is -0.0891. The molecule has 0 radical (unpaired) electrons. The summed E-state index contributed by atoms with van der Waals surface area (Å²) in [6, 6.07) is 6.09. The fourth-order valence-electron chi connectivity index (χ4n) is 5.72. The third kappa shape index (κ3) is 3.91. The van der Waals surface area contributed by atoms with E-state index in [0.29, 0.717) is 43.0 Å². The number of primary amides is 1. The Kier molecular flexibility index (Phi) is 6.19. The summed E-state index contributed by atoms with van der Waals surface area (Å²) in [5.41, 5.74) is 5.78. The first-order valence-corrected chi connectivity index (χ1v) is 12.4. The molecular formula is C25H32FN7O3. The van der Waals surface area contributed by atoms with Gasteiger partial charge in [-0.1, -0.05) is 18.6 Å². The van der Waals surface area contributed by atoms with Crippen LogP contribution >= 0.6 is 0 Å². The minimum atomic E-state index is -0.687. The number of benzene rings is 1. The number of rotatable bonds is 5. The molecule has 36 heavy (non-hydrogen) atoms. The lowest BCUT2D eigenvalue weighted by Gasteiger charge is -2.48. The van der Waals surface area contributed by atoms with Crippen LogP contribution in [0.1, 0.15) is 37.7 Å². The number of nitrogens with zero attached hydrogens (tertiary/aromatic N) is 6. The predicted octanol–water partition coefficient (Wildman–Crippen LogP) is 0.931. The van der Waals surface area contributed by atoms with Gasteiger partial charge in [-0.25, -0.2) is 9.18 Å². The van der Waals surface area contributed by atoms with Crippen molar-refractivity contribution >= 4 is 23.0 Å². The van der Waals surface area contributed by atoms with Crippen molar-refractivity contribution in [2.24, 2.45) is 19.8 Å². The number of hydrogen-bond donors (Lipinski definition) is 1. The molecule has 0 spiro atoms. The second-order valence-electron chi connectivity index (χ2n) is 9.93. The number of carbonyl (C=O) groups excluding carboxylic acids is 1. The standard InChI is InChI=1S/C25H32FN7O3/c1-29-20-19(21(34)30(2)24(29)36)33(16-17-6-8-18(26)9-7-17)23(28-20)31-14-10-25(11-15-31,22(27)35)32-12-4-3-5-13-32/h6-9H,3-5,10-16H2,1-2H3,(H2,27,35). The van der Waals surface area contributed by atoms with Crippen molar-refractivity contribution in [3.8, 4) is 0 Å². The molecule has 0 aliphatic carbocycles. The van der Waals surface area contributed by atoms with Gasteiger partial charge in [-0.2, -0.15) is 4.98 Å². The van der Waals surface area contributed by atoms with E-state index in [1.807, 2.05) is 0 Å². The first-order valence-electron chi connectivity index (χ1n) is 12.4. The number of hydrogen-bond acceptors (Lipinski definition) is 6. The van der Waals surface area contributed by atoms with Crippen molar-refractivity contribution in [1.29, 1.82) is 0 Å². The van der Waals surface area contributed by atoms with Crippen LogP contribution in [-0.4, -0.2) is 61.2 Å². The van der Waals surface area contributed by atoms with Gasteiger partial charge in [0.1, 0.15) is 11.4 Å². The van der Waals surface area contributed by atoms with E-state index in [0.717, 1.165) is 36.1 Å². The monoisotopic (exact) mass is 497 g/mol. The van der Waals surface area contributed by atoms with E-state index in [4.69, 9.17) is 10.7 Å². The topological polar surface area (TPSA) is 111 Å². The van der Waals surface area contributed by atoms with Gasteiger partial charge in [0.25, 0.3) is 5.56 Å². The zero-order valence-electron chi connectivity index (χ0n) is 20.7. The van der Waals surface area contributed by atoms with E-state index in [9.17, 15) is 18.8 Å². The molecule has 192 valence electrons. The lowest BCUT2D eigenvalue weighted by atomic mass is 9.83. The second kappa shape index (κ2) is 9.20. The van der Waals surface area contributed by atoms with E-state index in [1.165, 1.54) is 30.2 Å². The molecule has 2 saturated heterocycles. The molecule has 5 rings (SSSR count). The van der Waals surface area contributed by atoms with Gasteiger partial charge in [-0.15, -0.1) is 0 Å². The summed E-state index contributed by atoms with van der Waals surface area (Å²) in [7, 11) is 3.04. The average molecular weight is 498 g/mol. The highest BCUT2D eigenvalue weighted by Crippen LogP contribution is 2.34. The number of likely N-dealkylation sites (tertiary alicyclic amines) is 1. The summed E-state index contributed by atoms with van der Waals surface area (Å²) in [6.07, 6.45) is 4.39. The Bertz CT molecular complexity index is 1410. The van der Waals surface area contributed by atoms with Crippen molar-refractivity contribution in [2.45, 2.75) is 44.2 Å². The van der Waals surface area contributed by atoms with Crippen LogP contribution in [0.4, 0.5) is 10.3 Å². The lowest BCUT2D eigenvalue weighted by molar-refractivity contribution is -0.132. The maximum atomic E-state index is 13.5. The van der Waals surface area contributed by atoms with E-state index in [2.05, 4.69) is 9.80 Å². The number of amides is 1. The highest BCUT2D eigenvalue weighted by Gasteiger charge is 2.45. The van der Waals surface area contributed by atoms with E-state index >= 15 is 0 Å². The lowest BCUT2D eigenvalue weighted by Crippen LogP contribution is -2.63. The quantitative estimate of drug-likeness (QED) is 0.562. The second-order valence-corrected chi connectivity index (χ2v) is 9.93. The molecule has 0 atom stereocenters. The first kappa shape index (κ1) is 24.2. The van der Waals surface area contributed by atoms with Crippen LogP contribution in [0.3, 0.4) is 0 Å². The van der Waals surface area contributed by atoms with E-state index < -0.39 is 16.8 Å². The third-order valence-electron chi connectivity index (χ3n) is 7.88. The van der Waals surface area contributed by atoms with Gasteiger partial charge in [0.15, 0.2) is 11.2 Å². The van der Waals surface area contributed by atoms with Crippen LogP contribution in [0.2, 0.25) is 0 Å². The van der Waals surface area contributed by atoms with Crippen molar-refractivity contribution in [2.75, 3.05) is 31.1 Å². The Balaban J connectivity index is 1.56. The van der Waals surface area contributed by atoms with Gasteiger partial charge < -0.3 is 10.6 Å². The summed E-state index contributed by atoms with van der Waals surface area (Å²) in [4.78, 5) is 47.5. The highest BCUT2D eigenvalue weighted by molar-refractivity contribution is 5.85. The van der Waals surface area contributed by atoms with Crippen LogP contribution in [0.15, 0.2) is 33.9 Å². The molecule has 2 aromatic heterocycles. The van der Waals surface area contributed by atoms with Gasteiger partial charge >= 0.3 is 5.69 Å². The molecule has 0 saturated carbocycles. The predicted molar refractivity (Wildman–Crippen MR) is 135 cm³/mol. The molecule has 0 bridgehead atoms.